The average Bonchev–Trinajstić information content (AvgIpc) is 3.62. The first-order chi connectivity index (χ1) is 21.8. The Balaban J connectivity index is 1.09. The molecule has 3 aromatic carbocycles. The van der Waals surface area contributed by atoms with Crippen molar-refractivity contribution < 1.29 is 0 Å². The van der Waals surface area contributed by atoms with Gasteiger partial charge in [-0.3, -0.25) is 9.97 Å². The van der Waals surface area contributed by atoms with Crippen molar-refractivity contribution in [3.05, 3.63) is 133 Å². The molecule has 9 rings (SSSR count). The Bertz CT molecular complexity index is 2130. The number of pyridine rings is 2. The summed E-state index contributed by atoms with van der Waals surface area (Å²) in [4.78, 5) is 9.48. The van der Waals surface area contributed by atoms with E-state index in [9.17, 15) is 0 Å². The van der Waals surface area contributed by atoms with Crippen LogP contribution in [0, 0.1) is 5.92 Å². The Morgan fingerprint density at radius 1 is 0.591 bits per heavy atom. The molecule has 1 fully saturated rings. The summed E-state index contributed by atoms with van der Waals surface area (Å²) < 4.78 is 4.76. The molecule has 4 heterocycles. The SMILES string of the molecule is C1=CC(C2(c3ccc(-n4c5ccccc5c5ncccc54)cc3)CCCCC2)CC=C1n1c2ccccc2c2ncccc21. The molecule has 1 saturated carbocycles. The van der Waals surface area contributed by atoms with E-state index in [1.165, 1.54) is 76.4 Å². The number of hydrogen-bond acceptors (Lipinski definition) is 2. The van der Waals surface area contributed by atoms with Gasteiger partial charge in [-0.2, -0.15) is 0 Å². The van der Waals surface area contributed by atoms with Crippen LogP contribution >= 0.6 is 0 Å². The van der Waals surface area contributed by atoms with Crippen LogP contribution in [0.3, 0.4) is 0 Å². The number of nitrogens with zero attached hydrogens (tertiary/aromatic N) is 4. The van der Waals surface area contributed by atoms with E-state index in [1.54, 1.807) is 0 Å². The summed E-state index contributed by atoms with van der Waals surface area (Å²) in [5.74, 6) is 0.473. The minimum absolute atomic E-state index is 0.153. The van der Waals surface area contributed by atoms with E-state index in [4.69, 9.17) is 9.97 Å². The molecule has 0 spiro atoms. The zero-order valence-electron chi connectivity index (χ0n) is 24.7. The molecular weight excluding hydrogens is 536 g/mol. The maximum Gasteiger partial charge on any atom is 0.0963 e. The highest BCUT2D eigenvalue weighted by atomic mass is 15.0. The van der Waals surface area contributed by atoms with Crippen LogP contribution in [0.5, 0.6) is 0 Å². The average molecular weight is 571 g/mol. The maximum atomic E-state index is 4.75. The van der Waals surface area contributed by atoms with Crippen molar-refractivity contribution in [2.45, 2.75) is 43.9 Å². The lowest BCUT2D eigenvalue weighted by Crippen LogP contribution is -2.37. The van der Waals surface area contributed by atoms with Gasteiger partial charge in [0.25, 0.3) is 0 Å². The minimum Gasteiger partial charge on any atom is -0.308 e. The predicted molar refractivity (Wildman–Crippen MR) is 182 cm³/mol. The normalized spacial score (nSPS) is 18.4. The Morgan fingerprint density at radius 2 is 1.18 bits per heavy atom. The summed E-state index contributed by atoms with van der Waals surface area (Å²) in [6.45, 7) is 0. The lowest BCUT2D eigenvalue weighted by molar-refractivity contribution is 0.223. The second-order valence-corrected chi connectivity index (χ2v) is 12.5. The summed E-state index contributed by atoms with van der Waals surface area (Å²) in [7, 11) is 0. The molecule has 214 valence electrons. The van der Waals surface area contributed by atoms with Crippen molar-refractivity contribution in [2.24, 2.45) is 5.92 Å². The lowest BCUT2D eigenvalue weighted by Gasteiger charge is -2.44. The molecular formula is C40H34N4. The molecule has 0 amide bonds. The van der Waals surface area contributed by atoms with Gasteiger partial charge < -0.3 is 9.13 Å². The van der Waals surface area contributed by atoms with Gasteiger partial charge in [0, 0.05) is 40.0 Å². The highest BCUT2D eigenvalue weighted by molar-refractivity contribution is 6.08. The second-order valence-electron chi connectivity index (χ2n) is 12.5. The van der Waals surface area contributed by atoms with E-state index in [2.05, 4.69) is 112 Å². The van der Waals surface area contributed by atoms with E-state index in [0.29, 0.717) is 5.92 Å². The number of aromatic nitrogens is 4. The van der Waals surface area contributed by atoms with Crippen LogP contribution in [0.15, 0.2) is 128 Å². The quantitative estimate of drug-likeness (QED) is 0.211. The van der Waals surface area contributed by atoms with Crippen LogP contribution in [0.1, 0.15) is 44.1 Å². The molecule has 1 unspecified atom stereocenters. The lowest BCUT2D eigenvalue weighted by atomic mass is 9.60. The largest absolute Gasteiger partial charge is 0.308 e. The first-order valence-electron chi connectivity index (χ1n) is 16.0. The zero-order chi connectivity index (χ0) is 29.1. The smallest absolute Gasteiger partial charge is 0.0963 e. The van der Waals surface area contributed by atoms with E-state index in [0.717, 1.165) is 23.0 Å². The molecule has 2 aliphatic carbocycles. The molecule has 4 nitrogen and oxygen atoms in total. The first kappa shape index (κ1) is 25.5. The van der Waals surface area contributed by atoms with Crippen LogP contribution in [-0.4, -0.2) is 19.1 Å². The number of allylic oxidation sites excluding steroid dienone is 4. The van der Waals surface area contributed by atoms with Gasteiger partial charge in [0.2, 0.25) is 0 Å². The third-order valence-corrected chi connectivity index (χ3v) is 10.3. The molecule has 0 bridgehead atoms. The third-order valence-electron chi connectivity index (χ3n) is 10.3. The van der Waals surface area contributed by atoms with Crippen molar-refractivity contribution in [2.75, 3.05) is 0 Å². The number of hydrogen-bond donors (Lipinski definition) is 0. The number of rotatable bonds is 4. The highest BCUT2D eigenvalue weighted by Gasteiger charge is 2.40. The molecule has 44 heavy (non-hydrogen) atoms. The molecule has 0 saturated heterocycles. The van der Waals surface area contributed by atoms with Crippen LogP contribution in [0.25, 0.3) is 55.3 Å². The first-order valence-corrected chi connectivity index (χ1v) is 16.0. The summed E-state index contributed by atoms with van der Waals surface area (Å²) in [5, 5.41) is 2.41. The Morgan fingerprint density at radius 3 is 1.82 bits per heavy atom. The van der Waals surface area contributed by atoms with Gasteiger partial charge in [-0.25, -0.2) is 0 Å². The molecule has 0 aliphatic heterocycles. The number of fused-ring (bicyclic) bond motifs is 6. The van der Waals surface area contributed by atoms with Gasteiger partial charge >= 0.3 is 0 Å². The van der Waals surface area contributed by atoms with E-state index < -0.39 is 0 Å². The summed E-state index contributed by atoms with van der Waals surface area (Å²) in [6.07, 6.45) is 18.6. The molecule has 0 radical (unpaired) electrons. The van der Waals surface area contributed by atoms with Crippen molar-refractivity contribution in [1.29, 1.82) is 0 Å². The van der Waals surface area contributed by atoms with E-state index in [-0.39, 0.29) is 5.41 Å². The van der Waals surface area contributed by atoms with Crippen LogP contribution < -0.4 is 0 Å². The Kier molecular flexibility index (Phi) is 5.83. The molecule has 4 heteroatoms. The minimum atomic E-state index is 0.153. The monoisotopic (exact) mass is 570 g/mol. The maximum absolute atomic E-state index is 4.75. The molecule has 7 aromatic rings. The Labute approximate surface area is 257 Å². The van der Waals surface area contributed by atoms with Gasteiger partial charge in [-0.1, -0.05) is 79.9 Å². The van der Waals surface area contributed by atoms with Crippen molar-refractivity contribution in [3.63, 3.8) is 0 Å². The highest BCUT2D eigenvalue weighted by Crippen LogP contribution is 2.49. The predicted octanol–water partition coefficient (Wildman–Crippen LogP) is 10.0. The Hall–Kier alpha value is -4.96. The van der Waals surface area contributed by atoms with E-state index in [1.807, 2.05) is 24.5 Å². The molecule has 0 N–H and O–H groups in total. The van der Waals surface area contributed by atoms with Gasteiger partial charge in [0.05, 0.1) is 33.1 Å². The third kappa shape index (κ3) is 3.77. The second kappa shape index (κ2) is 10.1. The van der Waals surface area contributed by atoms with Gasteiger partial charge in [-0.15, -0.1) is 0 Å². The fourth-order valence-electron chi connectivity index (χ4n) is 8.31. The summed E-state index contributed by atoms with van der Waals surface area (Å²) >= 11 is 0. The molecule has 1 atom stereocenters. The van der Waals surface area contributed by atoms with E-state index >= 15 is 0 Å². The standard InChI is InChI=1S/C40H34N4/c1-6-24-40(25-7-1,28-16-20-30(21-17-28)43-34-12-4-2-10-32(34)38-36(43)14-8-26-41-38)29-18-22-31(23-19-29)44-35-13-5-3-11-33(35)39-37(44)15-9-27-42-39/h2-5,8-18,20-23,26-27,29H,1,6-7,19,24-25H2. The van der Waals surface area contributed by atoms with Crippen LogP contribution in [-0.2, 0) is 5.41 Å². The summed E-state index contributed by atoms with van der Waals surface area (Å²) in [5.41, 5.74) is 11.0. The fourth-order valence-corrected chi connectivity index (χ4v) is 8.31. The number of benzene rings is 3. The molecule has 2 aliphatic rings. The number of para-hydroxylation sites is 2. The zero-order valence-corrected chi connectivity index (χ0v) is 24.7. The van der Waals surface area contributed by atoms with Gasteiger partial charge in [0.15, 0.2) is 0 Å². The topological polar surface area (TPSA) is 35.6 Å². The van der Waals surface area contributed by atoms with Crippen LogP contribution in [0.4, 0.5) is 0 Å². The van der Waals surface area contributed by atoms with Crippen molar-refractivity contribution in [3.8, 4) is 5.69 Å². The fraction of sp³-hybridized carbons (Fsp3) is 0.200. The van der Waals surface area contributed by atoms with Crippen molar-refractivity contribution >= 4 is 49.6 Å². The molecule has 4 aromatic heterocycles. The van der Waals surface area contributed by atoms with Gasteiger partial charge in [0.1, 0.15) is 0 Å². The van der Waals surface area contributed by atoms with Crippen LogP contribution in [0.2, 0.25) is 0 Å². The summed E-state index contributed by atoms with van der Waals surface area (Å²) in [6, 6.07) is 35.2. The van der Waals surface area contributed by atoms with Gasteiger partial charge in [-0.05, 0) is 85.4 Å². The van der Waals surface area contributed by atoms with Crippen molar-refractivity contribution in [1.82, 2.24) is 19.1 Å².